The molecule has 0 saturated carbocycles. The Bertz CT molecular complexity index is 543. The van der Waals surface area contributed by atoms with Gasteiger partial charge in [-0.15, -0.1) is 0 Å². The molecule has 0 aliphatic rings. The molecule has 0 amide bonds. The fourth-order valence-electron chi connectivity index (χ4n) is 1.55. The summed E-state index contributed by atoms with van der Waals surface area (Å²) in [6, 6.07) is 10.6. The molecular formula is C12H9BrN2O2. The minimum Gasteiger partial charge on any atom is -0.261 e. The van der Waals surface area contributed by atoms with Gasteiger partial charge >= 0.3 is 0 Å². The van der Waals surface area contributed by atoms with Crippen LogP contribution < -0.4 is 0 Å². The van der Waals surface area contributed by atoms with Crippen LogP contribution >= 0.6 is 15.9 Å². The Hall–Kier alpha value is -1.75. The Morgan fingerprint density at radius 2 is 2.12 bits per heavy atom. The summed E-state index contributed by atoms with van der Waals surface area (Å²) in [5, 5.41) is 10.9. The summed E-state index contributed by atoms with van der Waals surface area (Å²) in [7, 11) is 0. The van der Waals surface area contributed by atoms with Gasteiger partial charge in [0.15, 0.2) is 0 Å². The molecule has 0 aliphatic carbocycles. The molecule has 17 heavy (non-hydrogen) atoms. The Kier molecular flexibility index (Phi) is 3.49. The number of rotatable bonds is 3. The first kappa shape index (κ1) is 11.7. The van der Waals surface area contributed by atoms with Crippen molar-refractivity contribution in [2.75, 3.05) is 0 Å². The summed E-state index contributed by atoms with van der Waals surface area (Å²) < 4.78 is 0.703. The lowest BCUT2D eigenvalue weighted by Crippen LogP contribution is -1.98. The van der Waals surface area contributed by atoms with Crippen molar-refractivity contribution in [3.63, 3.8) is 0 Å². The first-order valence-corrected chi connectivity index (χ1v) is 5.79. The summed E-state index contributed by atoms with van der Waals surface area (Å²) in [6.07, 6.45) is 2.14. The van der Waals surface area contributed by atoms with Gasteiger partial charge in [0, 0.05) is 34.4 Å². The van der Waals surface area contributed by atoms with Crippen LogP contribution in [0.5, 0.6) is 0 Å². The number of benzene rings is 1. The third-order valence-electron chi connectivity index (χ3n) is 2.34. The van der Waals surface area contributed by atoms with Crippen molar-refractivity contribution in [1.29, 1.82) is 0 Å². The van der Waals surface area contributed by atoms with Crippen molar-refractivity contribution in [1.82, 2.24) is 4.98 Å². The molecule has 86 valence electrons. The highest BCUT2D eigenvalue weighted by Crippen LogP contribution is 2.25. The fourth-order valence-corrected chi connectivity index (χ4v) is 1.90. The van der Waals surface area contributed by atoms with Crippen molar-refractivity contribution in [2.45, 2.75) is 6.42 Å². The summed E-state index contributed by atoms with van der Waals surface area (Å²) in [5.41, 5.74) is 1.60. The second kappa shape index (κ2) is 5.05. The van der Waals surface area contributed by atoms with Gasteiger partial charge in [-0.25, -0.2) is 0 Å². The molecular weight excluding hydrogens is 284 g/mol. The van der Waals surface area contributed by atoms with E-state index in [0.717, 1.165) is 5.69 Å². The van der Waals surface area contributed by atoms with Crippen LogP contribution in [0.1, 0.15) is 11.3 Å². The van der Waals surface area contributed by atoms with Crippen LogP contribution in [-0.2, 0) is 6.42 Å². The zero-order valence-electron chi connectivity index (χ0n) is 8.84. The van der Waals surface area contributed by atoms with Crippen molar-refractivity contribution in [3.8, 4) is 0 Å². The van der Waals surface area contributed by atoms with E-state index >= 15 is 0 Å². The summed E-state index contributed by atoms with van der Waals surface area (Å²) in [5.74, 6) is 0. The normalized spacial score (nSPS) is 10.2. The molecule has 0 unspecified atom stereocenters. The van der Waals surface area contributed by atoms with Gasteiger partial charge in [0.2, 0.25) is 0 Å². The number of nitro benzene ring substituents is 1. The number of hydrogen-bond donors (Lipinski definition) is 0. The molecule has 2 aromatic rings. The monoisotopic (exact) mass is 292 g/mol. The Labute approximate surface area is 107 Å². The lowest BCUT2D eigenvalue weighted by atomic mass is 10.1. The summed E-state index contributed by atoms with van der Waals surface area (Å²) in [6.45, 7) is 0. The van der Waals surface area contributed by atoms with Gasteiger partial charge in [-0.2, -0.15) is 0 Å². The molecule has 1 aromatic carbocycles. The zero-order valence-corrected chi connectivity index (χ0v) is 10.4. The molecule has 0 saturated heterocycles. The van der Waals surface area contributed by atoms with E-state index in [1.54, 1.807) is 18.3 Å². The first-order chi connectivity index (χ1) is 8.16. The van der Waals surface area contributed by atoms with Crippen LogP contribution in [-0.4, -0.2) is 9.91 Å². The van der Waals surface area contributed by atoms with E-state index in [1.165, 1.54) is 6.07 Å². The number of halogens is 1. The van der Waals surface area contributed by atoms with Gasteiger partial charge in [-0.3, -0.25) is 15.1 Å². The number of pyridine rings is 1. The maximum absolute atomic E-state index is 10.9. The Morgan fingerprint density at radius 1 is 1.29 bits per heavy atom. The average Bonchev–Trinajstić information content (AvgIpc) is 2.32. The topological polar surface area (TPSA) is 56.0 Å². The van der Waals surface area contributed by atoms with E-state index in [-0.39, 0.29) is 10.6 Å². The molecule has 5 heteroatoms. The zero-order chi connectivity index (χ0) is 12.3. The highest BCUT2D eigenvalue weighted by atomic mass is 79.9. The van der Waals surface area contributed by atoms with Crippen molar-refractivity contribution in [2.24, 2.45) is 0 Å². The van der Waals surface area contributed by atoms with Crippen LogP contribution in [0.25, 0.3) is 0 Å². The first-order valence-electron chi connectivity index (χ1n) is 4.99. The predicted molar refractivity (Wildman–Crippen MR) is 67.8 cm³/mol. The van der Waals surface area contributed by atoms with Crippen LogP contribution in [0.4, 0.5) is 5.69 Å². The van der Waals surface area contributed by atoms with E-state index in [4.69, 9.17) is 0 Å². The molecule has 1 aromatic heterocycles. The van der Waals surface area contributed by atoms with Gasteiger partial charge in [0.1, 0.15) is 0 Å². The number of aromatic nitrogens is 1. The van der Waals surface area contributed by atoms with E-state index in [9.17, 15) is 10.1 Å². The van der Waals surface area contributed by atoms with Crippen LogP contribution in [0, 0.1) is 10.1 Å². The maximum atomic E-state index is 10.9. The second-order valence-electron chi connectivity index (χ2n) is 3.53. The number of hydrogen-bond acceptors (Lipinski definition) is 3. The minimum atomic E-state index is -0.372. The number of nitrogens with zero attached hydrogens (tertiary/aromatic N) is 2. The average molecular weight is 293 g/mol. The molecule has 0 N–H and O–H groups in total. The lowest BCUT2D eigenvalue weighted by Gasteiger charge is -2.03. The van der Waals surface area contributed by atoms with Crippen molar-refractivity contribution < 1.29 is 4.92 Å². The van der Waals surface area contributed by atoms with E-state index < -0.39 is 0 Å². The number of nitro groups is 1. The van der Waals surface area contributed by atoms with Gasteiger partial charge in [0.05, 0.1) is 4.92 Å². The van der Waals surface area contributed by atoms with Crippen LogP contribution in [0.15, 0.2) is 47.1 Å². The smallest absolute Gasteiger partial charge is 0.261 e. The van der Waals surface area contributed by atoms with Crippen molar-refractivity contribution >= 4 is 21.6 Å². The molecule has 0 aliphatic heterocycles. The van der Waals surface area contributed by atoms with Crippen molar-refractivity contribution in [3.05, 3.63) is 68.4 Å². The highest BCUT2D eigenvalue weighted by molar-refractivity contribution is 9.10. The van der Waals surface area contributed by atoms with Crippen LogP contribution in [0.3, 0.4) is 0 Å². The lowest BCUT2D eigenvalue weighted by molar-refractivity contribution is -0.385. The highest BCUT2D eigenvalue weighted by Gasteiger charge is 2.14. The fraction of sp³-hybridized carbons (Fsp3) is 0.0833. The molecule has 1 heterocycles. The minimum absolute atomic E-state index is 0.116. The van der Waals surface area contributed by atoms with E-state index in [2.05, 4.69) is 20.9 Å². The molecule has 0 radical (unpaired) electrons. The third kappa shape index (κ3) is 2.88. The second-order valence-corrected chi connectivity index (χ2v) is 4.44. The molecule has 0 spiro atoms. The van der Waals surface area contributed by atoms with E-state index in [0.29, 0.717) is 16.5 Å². The standard InChI is InChI=1S/C12H9BrN2O2/c13-10-5-4-9(12(8-10)15(16)17)7-11-3-1-2-6-14-11/h1-6,8H,7H2. The molecule has 0 fully saturated rings. The van der Waals surface area contributed by atoms with Gasteiger partial charge in [-0.1, -0.05) is 28.1 Å². The predicted octanol–water partition coefficient (Wildman–Crippen LogP) is 3.34. The Morgan fingerprint density at radius 3 is 2.76 bits per heavy atom. The summed E-state index contributed by atoms with van der Waals surface area (Å²) >= 11 is 3.23. The largest absolute Gasteiger partial charge is 0.274 e. The van der Waals surface area contributed by atoms with E-state index in [1.807, 2.05) is 18.2 Å². The van der Waals surface area contributed by atoms with Gasteiger partial charge < -0.3 is 0 Å². The van der Waals surface area contributed by atoms with Gasteiger partial charge in [-0.05, 0) is 18.2 Å². The molecule has 2 rings (SSSR count). The quantitative estimate of drug-likeness (QED) is 0.644. The molecule has 0 bridgehead atoms. The third-order valence-corrected chi connectivity index (χ3v) is 2.84. The molecule has 4 nitrogen and oxygen atoms in total. The maximum Gasteiger partial charge on any atom is 0.274 e. The molecule has 0 atom stereocenters. The summed E-state index contributed by atoms with van der Waals surface area (Å²) in [4.78, 5) is 14.7. The SMILES string of the molecule is O=[N+]([O-])c1cc(Br)ccc1Cc1ccccn1. The Balaban J connectivity index is 2.36. The van der Waals surface area contributed by atoms with Gasteiger partial charge in [0.25, 0.3) is 5.69 Å². The van der Waals surface area contributed by atoms with Crippen LogP contribution in [0.2, 0.25) is 0 Å².